The second kappa shape index (κ2) is 10.5. The van der Waals surface area contributed by atoms with E-state index in [9.17, 15) is 22.2 Å². The van der Waals surface area contributed by atoms with Crippen LogP contribution in [0.1, 0.15) is 34.8 Å². The predicted octanol–water partition coefficient (Wildman–Crippen LogP) is 5.31. The third-order valence-electron chi connectivity index (χ3n) is 5.03. The second-order valence-corrected chi connectivity index (χ2v) is 8.50. The number of aliphatic imine (C=N–C) groups is 1. The van der Waals surface area contributed by atoms with Gasteiger partial charge in [0.05, 0.1) is 17.0 Å². The average molecular weight is 489 g/mol. The maximum absolute atomic E-state index is 12.7. The van der Waals surface area contributed by atoms with E-state index < -0.39 is 28.6 Å². The number of carbonyl (C=O) groups is 1. The van der Waals surface area contributed by atoms with E-state index in [4.69, 9.17) is 5.73 Å². The predicted molar refractivity (Wildman–Crippen MR) is 130 cm³/mol. The fraction of sp³-hybridized carbons (Fsp3) is 0.167. The highest BCUT2D eigenvalue weighted by Crippen LogP contribution is 2.30. The van der Waals surface area contributed by atoms with E-state index in [0.717, 1.165) is 29.0 Å². The maximum atomic E-state index is 12.7. The van der Waals surface area contributed by atoms with Gasteiger partial charge in [-0.25, -0.2) is 4.21 Å². The summed E-state index contributed by atoms with van der Waals surface area (Å²) in [5.74, 6) is 0.0827. The summed E-state index contributed by atoms with van der Waals surface area (Å²) in [4.78, 5) is 16.4. The van der Waals surface area contributed by atoms with Crippen molar-refractivity contribution in [1.82, 2.24) is 0 Å². The van der Waals surface area contributed by atoms with Crippen LogP contribution < -0.4 is 15.8 Å². The number of carbonyl (C=O) groups excluding carboxylic acids is 1. The van der Waals surface area contributed by atoms with Crippen molar-refractivity contribution in [2.45, 2.75) is 26.1 Å². The van der Waals surface area contributed by atoms with Gasteiger partial charge in [-0.1, -0.05) is 31.7 Å². The Bertz CT molecular complexity index is 1220. The molecule has 4 N–H and O–H groups in total. The van der Waals surface area contributed by atoms with E-state index in [0.29, 0.717) is 29.3 Å². The summed E-state index contributed by atoms with van der Waals surface area (Å²) in [6, 6.07) is 9.39. The summed E-state index contributed by atoms with van der Waals surface area (Å²) in [5, 5.41) is 3.21. The van der Waals surface area contributed by atoms with Gasteiger partial charge in [0.1, 0.15) is 16.8 Å². The molecule has 2 aromatic rings. The monoisotopic (exact) mass is 488 g/mol. The summed E-state index contributed by atoms with van der Waals surface area (Å²) >= 11 is 0. The molecule has 6 nitrogen and oxygen atoms in total. The molecule has 0 saturated heterocycles. The molecule has 1 aliphatic heterocycles. The number of hydrogen-bond acceptors (Lipinski definition) is 4. The molecular weight excluding hydrogens is 465 g/mol. The molecule has 0 spiro atoms. The number of amides is 1. The van der Waals surface area contributed by atoms with Gasteiger partial charge in [0, 0.05) is 16.9 Å². The van der Waals surface area contributed by atoms with Crippen molar-refractivity contribution in [2.75, 3.05) is 10.0 Å². The number of primary amides is 1. The largest absolute Gasteiger partial charge is 0.416 e. The molecule has 2 aromatic carbocycles. The van der Waals surface area contributed by atoms with Crippen molar-refractivity contribution >= 4 is 34.1 Å². The molecule has 3 rings (SSSR count). The molecule has 0 saturated carbocycles. The van der Waals surface area contributed by atoms with Crippen LogP contribution in [0.5, 0.6) is 0 Å². The standard InChI is InChI=1S/C24H23F3N4O2S/c1-3-15(23-29-14-17-6-5-16(22(28)32)13-21(17)30-23)7-12-20(4-2)34(33)31-19-10-8-18(9-11-19)24(25,26)27/h4-13,31H,2-3,14H2,1H3,(H2,28,32)(H,29,30)/b15-7+,20-12+. The topological polar surface area (TPSA) is 96.6 Å². The minimum atomic E-state index is -4.44. The molecule has 0 aliphatic carbocycles. The highest BCUT2D eigenvalue weighted by atomic mass is 32.2. The van der Waals surface area contributed by atoms with Gasteiger partial charge in [-0.15, -0.1) is 0 Å². The molecule has 1 unspecified atom stereocenters. The number of allylic oxidation sites excluding steroid dienone is 3. The van der Waals surface area contributed by atoms with Gasteiger partial charge in [0.15, 0.2) is 0 Å². The number of hydrogen-bond donors (Lipinski definition) is 3. The minimum absolute atomic E-state index is 0.277. The minimum Gasteiger partial charge on any atom is -0.366 e. The first-order valence-electron chi connectivity index (χ1n) is 10.3. The lowest BCUT2D eigenvalue weighted by molar-refractivity contribution is -0.137. The number of halogens is 3. The molecule has 178 valence electrons. The lowest BCUT2D eigenvalue weighted by Crippen LogP contribution is -2.21. The van der Waals surface area contributed by atoms with Crippen LogP contribution in [0.3, 0.4) is 0 Å². The maximum Gasteiger partial charge on any atom is 0.416 e. The SMILES string of the molecule is C=C/C(=C\C=C(/CC)C1=NCc2ccc(C(N)=O)cc2N1)S(=O)Nc1ccc(C(F)(F)F)cc1. The lowest BCUT2D eigenvalue weighted by atomic mass is 10.0. The van der Waals surface area contributed by atoms with Gasteiger partial charge in [0.2, 0.25) is 5.91 Å². The smallest absolute Gasteiger partial charge is 0.366 e. The Morgan fingerprint density at radius 1 is 1.24 bits per heavy atom. The first kappa shape index (κ1) is 25.0. The van der Waals surface area contributed by atoms with Crippen LogP contribution in [0.15, 0.2) is 82.7 Å². The average Bonchev–Trinajstić information content (AvgIpc) is 2.81. The summed E-state index contributed by atoms with van der Waals surface area (Å²) in [7, 11) is -1.75. The Hall–Kier alpha value is -3.66. The Morgan fingerprint density at radius 3 is 2.53 bits per heavy atom. The first-order chi connectivity index (χ1) is 16.1. The molecule has 1 aliphatic rings. The van der Waals surface area contributed by atoms with E-state index >= 15 is 0 Å². The van der Waals surface area contributed by atoms with Gasteiger partial charge < -0.3 is 15.8 Å². The van der Waals surface area contributed by atoms with Crippen molar-refractivity contribution in [3.05, 3.63) is 94.4 Å². The van der Waals surface area contributed by atoms with Crippen molar-refractivity contribution in [2.24, 2.45) is 10.7 Å². The van der Waals surface area contributed by atoms with Crippen molar-refractivity contribution in [3.63, 3.8) is 0 Å². The first-order valence-corrected chi connectivity index (χ1v) is 11.4. The van der Waals surface area contributed by atoms with E-state index in [1.165, 1.54) is 18.2 Å². The summed E-state index contributed by atoms with van der Waals surface area (Å²) in [5.41, 5.74) is 7.72. The number of amidine groups is 1. The Kier molecular flexibility index (Phi) is 7.72. The van der Waals surface area contributed by atoms with Gasteiger partial charge >= 0.3 is 6.18 Å². The zero-order chi connectivity index (χ0) is 24.9. The molecule has 0 bridgehead atoms. The van der Waals surface area contributed by atoms with Gasteiger partial charge in [-0.05, 0) is 60.0 Å². The number of nitrogens with two attached hydrogens (primary N) is 1. The number of anilines is 2. The Balaban J connectivity index is 1.76. The lowest BCUT2D eigenvalue weighted by Gasteiger charge is -2.20. The van der Waals surface area contributed by atoms with Crippen LogP contribution in [-0.2, 0) is 23.7 Å². The van der Waals surface area contributed by atoms with Crippen LogP contribution in [0.2, 0.25) is 0 Å². The van der Waals surface area contributed by atoms with E-state index in [1.807, 2.05) is 6.92 Å². The van der Waals surface area contributed by atoms with Crippen molar-refractivity contribution < 1.29 is 22.2 Å². The van der Waals surface area contributed by atoms with Crippen molar-refractivity contribution in [1.29, 1.82) is 0 Å². The number of rotatable bonds is 8. The molecule has 0 radical (unpaired) electrons. The van der Waals surface area contributed by atoms with E-state index in [1.54, 1.807) is 30.4 Å². The van der Waals surface area contributed by atoms with Gasteiger partial charge in [0.25, 0.3) is 0 Å². The molecule has 1 atom stereocenters. The molecule has 1 heterocycles. The van der Waals surface area contributed by atoms with Crippen LogP contribution in [0.25, 0.3) is 0 Å². The fourth-order valence-corrected chi connectivity index (χ4v) is 3.95. The third kappa shape index (κ3) is 6.02. The molecule has 34 heavy (non-hydrogen) atoms. The molecular formula is C24H23F3N4O2S. The summed E-state index contributed by atoms with van der Waals surface area (Å²) in [6.07, 6.45) is 0.928. The summed E-state index contributed by atoms with van der Waals surface area (Å²) in [6.45, 7) is 6.03. The van der Waals surface area contributed by atoms with Crippen LogP contribution in [0.4, 0.5) is 24.5 Å². The fourth-order valence-electron chi connectivity index (χ4n) is 3.14. The second-order valence-electron chi connectivity index (χ2n) is 7.29. The quantitative estimate of drug-likeness (QED) is 0.440. The number of benzene rings is 2. The van der Waals surface area contributed by atoms with E-state index in [-0.39, 0.29) is 5.69 Å². The van der Waals surface area contributed by atoms with Gasteiger partial charge in [-0.2, -0.15) is 13.2 Å². The third-order valence-corrected chi connectivity index (χ3v) is 6.18. The zero-order valence-electron chi connectivity index (χ0n) is 18.3. The van der Waals surface area contributed by atoms with Crippen LogP contribution >= 0.6 is 0 Å². The number of fused-ring (bicyclic) bond motifs is 1. The summed E-state index contributed by atoms with van der Waals surface area (Å²) < 4.78 is 53.5. The normalized spacial score (nSPS) is 15.0. The molecule has 10 heteroatoms. The zero-order valence-corrected chi connectivity index (χ0v) is 19.1. The van der Waals surface area contributed by atoms with E-state index in [2.05, 4.69) is 21.6 Å². The Labute approximate surface area is 197 Å². The highest BCUT2D eigenvalue weighted by molar-refractivity contribution is 7.90. The molecule has 1 amide bonds. The molecule has 0 fully saturated rings. The number of alkyl halides is 3. The van der Waals surface area contributed by atoms with Gasteiger partial charge in [-0.3, -0.25) is 9.79 Å². The number of nitrogens with zero attached hydrogens (tertiary/aromatic N) is 1. The Morgan fingerprint density at radius 2 is 1.94 bits per heavy atom. The van der Waals surface area contributed by atoms with Crippen LogP contribution in [0, 0.1) is 0 Å². The van der Waals surface area contributed by atoms with Crippen molar-refractivity contribution in [3.8, 4) is 0 Å². The molecule has 0 aromatic heterocycles. The number of nitrogens with one attached hydrogen (secondary N) is 2. The van der Waals surface area contributed by atoms with Crippen LogP contribution in [-0.4, -0.2) is 16.0 Å². The highest BCUT2D eigenvalue weighted by Gasteiger charge is 2.30.